The highest BCUT2D eigenvalue weighted by atomic mass is 19.4. The first-order valence-electron chi connectivity index (χ1n) is 9.88. The minimum absolute atomic E-state index is 0.0828. The van der Waals surface area contributed by atoms with E-state index in [4.69, 9.17) is 9.47 Å². The molecule has 0 unspecified atom stereocenters. The maximum atomic E-state index is 13.2. The van der Waals surface area contributed by atoms with Gasteiger partial charge in [0.2, 0.25) is 0 Å². The molecule has 4 heterocycles. The summed E-state index contributed by atoms with van der Waals surface area (Å²) in [5, 5.41) is 7.92. The molecular formula is C21H19F3N6O2. The summed E-state index contributed by atoms with van der Waals surface area (Å²) in [5.41, 5.74) is 0.133. The number of H-pyrrole nitrogens is 1. The average Bonchev–Trinajstić information content (AvgIpc) is 3.42. The summed E-state index contributed by atoms with van der Waals surface area (Å²) in [6.07, 6.45) is 0.125. The molecule has 1 aliphatic rings. The van der Waals surface area contributed by atoms with Gasteiger partial charge in [-0.3, -0.25) is 4.68 Å². The first-order valence-corrected chi connectivity index (χ1v) is 9.88. The van der Waals surface area contributed by atoms with Crippen LogP contribution in [0.25, 0.3) is 11.0 Å². The molecular weight excluding hydrogens is 425 g/mol. The van der Waals surface area contributed by atoms with E-state index in [0.717, 1.165) is 17.4 Å². The number of rotatable bonds is 5. The van der Waals surface area contributed by atoms with E-state index in [2.05, 4.69) is 25.4 Å². The van der Waals surface area contributed by atoms with Crippen molar-refractivity contribution in [2.24, 2.45) is 5.92 Å². The van der Waals surface area contributed by atoms with Gasteiger partial charge >= 0.3 is 6.18 Å². The van der Waals surface area contributed by atoms with Crippen LogP contribution in [0.3, 0.4) is 0 Å². The number of alkyl halides is 3. The van der Waals surface area contributed by atoms with Crippen LogP contribution in [-0.2, 0) is 12.7 Å². The van der Waals surface area contributed by atoms with Crippen molar-refractivity contribution in [2.45, 2.75) is 18.8 Å². The van der Waals surface area contributed by atoms with Crippen LogP contribution >= 0.6 is 0 Å². The smallest absolute Gasteiger partial charge is 0.431 e. The Kier molecular flexibility index (Phi) is 4.87. The number of aromatic amines is 1. The summed E-state index contributed by atoms with van der Waals surface area (Å²) in [6.45, 7) is 0.899. The number of anilines is 1. The number of hydrogen-bond donors (Lipinski definition) is 2. The lowest BCUT2D eigenvalue weighted by molar-refractivity contribution is -0.140. The van der Waals surface area contributed by atoms with E-state index >= 15 is 0 Å². The second kappa shape index (κ2) is 7.74. The molecule has 0 saturated heterocycles. The minimum atomic E-state index is -4.51. The van der Waals surface area contributed by atoms with Crippen LogP contribution in [-0.4, -0.2) is 38.4 Å². The van der Waals surface area contributed by atoms with Crippen molar-refractivity contribution in [2.75, 3.05) is 19.0 Å². The number of para-hydroxylation sites is 1. The Hall–Kier alpha value is -3.76. The summed E-state index contributed by atoms with van der Waals surface area (Å²) in [6, 6.07) is 8.31. The zero-order chi connectivity index (χ0) is 22.3. The predicted molar refractivity (Wildman–Crippen MR) is 109 cm³/mol. The molecule has 5 rings (SSSR count). The molecule has 0 amide bonds. The SMILES string of the molecule is COc1cnn(C[C@H]2COc3ccccc3[C@@H]2Nc2ncnc3[nH]c(C(F)(F)F)cc23)c1. The number of aromatic nitrogens is 5. The van der Waals surface area contributed by atoms with Gasteiger partial charge < -0.3 is 19.8 Å². The Labute approximate surface area is 180 Å². The number of nitrogens with one attached hydrogen (secondary N) is 2. The Bertz CT molecular complexity index is 1250. The van der Waals surface area contributed by atoms with Crippen molar-refractivity contribution in [3.05, 3.63) is 60.3 Å². The summed E-state index contributed by atoms with van der Waals surface area (Å²) >= 11 is 0. The normalized spacial score (nSPS) is 18.2. The zero-order valence-electron chi connectivity index (χ0n) is 16.9. The lowest BCUT2D eigenvalue weighted by Crippen LogP contribution is -2.34. The maximum Gasteiger partial charge on any atom is 0.431 e. The molecule has 0 bridgehead atoms. The summed E-state index contributed by atoms with van der Waals surface area (Å²) in [4.78, 5) is 10.5. The van der Waals surface area contributed by atoms with Crippen LogP contribution in [0.5, 0.6) is 11.5 Å². The zero-order valence-corrected chi connectivity index (χ0v) is 16.9. The Morgan fingerprint density at radius 1 is 1.28 bits per heavy atom. The molecule has 0 saturated carbocycles. The number of fused-ring (bicyclic) bond motifs is 2. The summed E-state index contributed by atoms with van der Waals surface area (Å²) < 4.78 is 52.5. The van der Waals surface area contributed by atoms with E-state index in [0.29, 0.717) is 24.7 Å². The van der Waals surface area contributed by atoms with E-state index in [1.165, 1.54) is 6.33 Å². The largest absolute Gasteiger partial charge is 0.493 e. The highest BCUT2D eigenvalue weighted by Gasteiger charge is 2.35. The van der Waals surface area contributed by atoms with Gasteiger partial charge in [0.15, 0.2) is 5.75 Å². The molecule has 1 aromatic carbocycles. The van der Waals surface area contributed by atoms with E-state index in [1.807, 2.05) is 24.3 Å². The summed E-state index contributed by atoms with van der Waals surface area (Å²) in [5.74, 6) is 1.58. The fraction of sp³-hybridized carbons (Fsp3) is 0.286. The maximum absolute atomic E-state index is 13.2. The lowest BCUT2D eigenvalue weighted by Gasteiger charge is -2.34. The second-order valence-electron chi connectivity index (χ2n) is 7.50. The number of methoxy groups -OCH3 is 1. The van der Waals surface area contributed by atoms with Crippen molar-refractivity contribution >= 4 is 16.9 Å². The van der Waals surface area contributed by atoms with Gasteiger partial charge in [-0.1, -0.05) is 18.2 Å². The predicted octanol–water partition coefficient (Wildman–Crippen LogP) is 4.04. The highest BCUT2D eigenvalue weighted by molar-refractivity contribution is 5.88. The molecule has 0 fully saturated rings. The molecule has 32 heavy (non-hydrogen) atoms. The Morgan fingerprint density at radius 3 is 2.91 bits per heavy atom. The molecule has 1 aliphatic heterocycles. The van der Waals surface area contributed by atoms with Gasteiger partial charge in [0, 0.05) is 18.0 Å². The van der Waals surface area contributed by atoms with Crippen molar-refractivity contribution < 1.29 is 22.6 Å². The molecule has 2 atom stereocenters. The molecule has 3 aromatic heterocycles. The van der Waals surface area contributed by atoms with Crippen molar-refractivity contribution in [1.82, 2.24) is 24.7 Å². The van der Waals surface area contributed by atoms with E-state index in [1.54, 1.807) is 24.2 Å². The third-order valence-electron chi connectivity index (χ3n) is 5.47. The molecule has 166 valence electrons. The minimum Gasteiger partial charge on any atom is -0.493 e. The second-order valence-corrected chi connectivity index (χ2v) is 7.50. The molecule has 0 radical (unpaired) electrons. The van der Waals surface area contributed by atoms with Crippen LogP contribution in [0.2, 0.25) is 0 Å². The fourth-order valence-electron chi connectivity index (χ4n) is 3.91. The van der Waals surface area contributed by atoms with E-state index in [9.17, 15) is 13.2 Å². The van der Waals surface area contributed by atoms with Gasteiger partial charge in [0.25, 0.3) is 0 Å². The van der Waals surface area contributed by atoms with Crippen LogP contribution in [0.4, 0.5) is 19.0 Å². The van der Waals surface area contributed by atoms with Crippen LogP contribution in [0.15, 0.2) is 49.1 Å². The number of nitrogens with zero attached hydrogens (tertiary/aromatic N) is 4. The molecule has 0 spiro atoms. The van der Waals surface area contributed by atoms with Gasteiger partial charge in [-0.2, -0.15) is 18.3 Å². The van der Waals surface area contributed by atoms with Gasteiger partial charge in [0.05, 0.1) is 37.5 Å². The van der Waals surface area contributed by atoms with Crippen molar-refractivity contribution in [3.63, 3.8) is 0 Å². The Morgan fingerprint density at radius 2 is 2.12 bits per heavy atom. The van der Waals surface area contributed by atoms with Crippen molar-refractivity contribution in [1.29, 1.82) is 0 Å². The molecule has 4 aromatic rings. The number of ether oxygens (including phenoxy) is 2. The quantitative estimate of drug-likeness (QED) is 0.483. The van der Waals surface area contributed by atoms with Crippen LogP contribution < -0.4 is 14.8 Å². The third-order valence-corrected chi connectivity index (χ3v) is 5.47. The summed E-state index contributed by atoms with van der Waals surface area (Å²) in [7, 11) is 1.57. The molecule has 11 heteroatoms. The molecule has 8 nitrogen and oxygen atoms in total. The monoisotopic (exact) mass is 444 g/mol. The number of halogens is 3. The first kappa shape index (κ1) is 20.2. The van der Waals surface area contributed by atoms with E-state index in [-0.39, 0.29) is 23.0 Å². The van der Waals surface area contributed by atoms with Gasteiger partial charge in [-0.05, 0) is 12.1 Å². The number of benzene rings is 1. The fourth-order valence-corrected chi connectivity index (χ4v) is 3.91. The van der Waals surface area contributed by atoms with Crippen LogP contribution in [0, 0.1) is 5.92 Å². The van der Waals surface area contributed by atoms with E-state index < -0.39 is 11.9 Å². The highest BCUT2D eigenvalue weighted by Crippen LogP contribution is 2.40. The van der Waals surface area contributed by atoms with Gasteiger partial charge in [-0.15, -0.1) is 0 Å². The standard InChI is InChI=1S/C21H19F3N6O2/c1-31-13-7-27-30(9-13)8-12-10-32-16-5-3-2-4-14(16)18(12)29-20-15-6-17(21(22,23)24)28-19(15)25-11-26-20/h2-7,9,11-12,18H,8,10H2,1H3,(H2,25,26,28,29)/t12-,18+/m0/s1. The van der Waals surface area contributed by atoms with Gasteiger partial charge in [0.1, 0.15) is 29.2 Å². The third kappa shape index (κ3) is 3.70. The van der Waals surface area contributed by atoms with Crippen LogP contribution in [0.1, 0.15) is 17.3 Å². The average molecular weight is 444 g/mol. The lowest BCUT2D eigenvalue weighted by atomic mass is 9.90. The molecule has 2 N–H and O–H groups in total. The number of hydrogen-bond acceptors (Lipinski definition) is 6. The Balaban J connectivity index is 1.52. The van der Waals surface area contributed by atoms with Gasteiger partial charge in [-0.25, -0.2) is 9.97 Å². The first-order chi connectivity index (χ1) is 15.4. The topological polar surface area (TPSA) is 89.9 Å². The molecule has 0 aliphatic carbocycles. The van der Waals surface area contributed by atoms with Crippen molar-refractivity contribution in [3.8, 4) is 11.5 Å².